The van der Waals surface area contributed by atoms with Gasteiger partial charge >= 0.3 is 0 Å². The average Bonchev–Trinajstić information content (AvgIpc) is 2.39. The molecule has 0 spiro atoms. The first-order valence-corrected chi connectivity index (χ1v) is 6.13. The molecule has 0 radical (unpaired) electrons. The van der Waals surface area contributed by atoms with Crippen LogP contribution in [0.1, 0.15) is 22.8 Å². The number of benzene rings is 1. The van der Waals surface area contributed by atoms with Gasteiger partial charge in [0.15, 0.2) is 0 Å². The number of phenolic OH excluding ortho intramolecular Hbond substituents is 1. The monoisotopic (exact) mass is 264 g/mol. The van der Waals surface area contributed by atoms with Crippen molar-refractivity contribution >= 4 is 11.8 Å². The molecule has 19 heavy (non-hydrogen) atoms. The van der Waals surface area contributed by atoms with Crippen LogP contribution in [0.2, 0.25) is 0 Å². The maximum atomic E-state index is 12.2. The molecule has 0 aliphatic heterocycles. The van der Waals surface area contributed by atoms with Gasteiger partial charge in [0.1, 0.15) is 5.75 Å². The predicted octanol–water partition coefficient (Wildman–Crippen LogP) is 1.15. The number of carbonyl (C=O) groups excluding carboxylic acids is 2. The van der Waals surface area contributed by atoms with Gasteiger partial charge in [-0.05, 0) is 30.7 Å². The van der Waals surface area contributed by atoms with Crippen LogP contribution in [-0.2, 0) is 4.79 Å². The Labute approximate surface area is 113 Å². The van der Waals surface area contributed by atoms with Gasteiger partial charge in [0.25, 0.3) is 5.91 Å². The van der Waals surface area contributed by atoms with Gasteiger partial charge in [-0.3, -0.25) is 9.59 Å². The van der Waals surface area contributed by atoms with Crippen LogP contribution < -0.4 is 5.32 Å². The van der Waals surface area contributed by atoms with Crippen molar-refractivity contribution in [2.45, 2.75) is 13.8 Å². The number of rotatable bonds is 4. The van der Waals surface area contributed by atoms with Gasteiger partial charge < -0.3 is 15.3 Å². The van der Waals surface area contributed by atoms with Crippen LogP contribution in [0.5, 0.6) is 5.75 Å². The quantitative estimate of drug-likeness (QED) is 0.857. The fourth-order valence-corrected chi connectivity index (χ4v) is 1.83. The second-order valence-electron chi connectivity index (χ2n) is 4.70. The molecule has 1 atom stereocenters. The highest BCUT2D eigenvalue weighted by Crippen LogP contribution is 2.18. The molecule has 104 valence electrons. The Bertz CT molecular complexity index is 486. The van der Waals surface area contributed by atoms with E-state index in [0.717, 1.165) is 0 Å². The van der Waals surface area contributed by atoms with Gasteiger partial charge in [-0.2, -0.15) is 0 Å². The molecule has 0 aliphatic rings. The molecule has 0 saturated heterocycles. The molecule has 2 N–H and O–H groups in total. The number of aromatic hydroxyl groups is 1. The van der Waals surface area contributed by atoms with Gasteiger partial charge in [0, 0.05) is 26.2 Å². The molecule has 0 aliphatic carbocycles. The first-order valence-electron chi connectivity index (χ1n) is 6.13. The summed E-state index contributed by atoms with van der Waals surface area (Å²) in [4.78, 5) is 25.1. The van der Waals surface area contributed by atoms with Crippen molar-refractivity contribution in [2.24, 2.45) is 5.92 Å². The molecule has 0 heterocycles. The van der Waals surface area contributed by atoms with Crippen LogP contribution >= 0.6 is 0 Å². The van der Waals surface area contributed by atoms with Crippen molar-refractivity contribution < 1.29 is 14.7 Å². The van der Waals surface area contributed by atoms with E-state index in [0.29, 0.717) is 17.7 Å². The zero-order valence-corrected chi connectivity index (χ0v) is 11.7. The largest absolute Gasteiger partial charge is 0.508 e. The number of phenols is 1. The van der Waals surface area contributed by atoms with Crippen molar-refractivity contribution in [1.82, 2.24) is 10.2 Å². The van der Waals surface area contributed by atoms with Crippen molar-refractivity contribution in [3.8, 4) is 5.75 Å². The molecule has 2 amide bonds. The highest BCUT2D eigenvalue weighted by atomic mass is 16.3. The minimum atomic E-state index is -0.267. The zero-order chi connectivity index (χ0) is 14.6. The molecular formula is C14H20N2O3. The third-order valence-electron chi connectivity index (χ3n) is 3.03. The van der Waals surface area contributed by atoms with Crippen LogP contribution in [-0.4, -0.2) is 42.5 Å². The van der Waals surface area contributed by atoms with Crippen molar-refractivity contribution in [1.29, 1.82) is 0 Å². The predicted molar refractivity (Wildman–Crippen MR) is 73.0 cm³/mol. The molecular weight excluding hydrogens is 244 g/mol. The standard InChI is InChI=1S/C14H20N2O3/c1-9-7-11(5-6-12(9)17)14(19)16(4)8-10(2)13(18)15-3/h5-7,10,17H,8H2,1-4H3,(H,15,18). The van der Waals surface area contributed by atoms with Gasteiger partial charge in [-0.25, -0.2) is 0 Å². The molecule has 5 nitrogen and oxygen atoms in total. The first-order chi connectivity index (χ1) is 8.86. The summed E-state index contributed by atoms with van der Waals surface area (Å²) in [7, 11) is 3.23. The lowest BCUT2D eigenvalue weighted by molar-refractivity contribution is -0.124. The zero-order valence-electron chi connectivity index (χ0n) is 11.7. The van der Waals surface area contributed by atoms with Gasteiger partial charge in [0.05, 0.1) is 5.92 Å². The molecule has 1 aromatic rings. The third-order valence-corrected chi connectivity index (χ3v) is 3.03. The minimum absolute atomic E-state index is 0.0958. The minimum Gasteiger partial charge on any atom is -0.508 e. The Morgan fingerprint density at radius 1 is 1.42 bits per heavy atom. The number of aryl methyl sites for hydroxylation is 1. The summed E-state index contributed by atoms with van der Waals surface area (Å²) in [6.45, 7) is 3.85. The Hall–Kier alpha value is -2.04. The van der Waals surface area contributed by atoms with E-state index in [1.807, 2.05) is 0 Å². The Balaban J connectivity index is 2.76. The smallest absolute Gasteiger partial charge is 0.253 e. The molecule has 0 fully saturated rings. The number of nitrogens with zero attached hydrogens (tertiary/aromatic N) is 1. The van der Waals surface area contributed by atoms with E-state index in [9.17, 15) is 14.7 Å². The van der Waals surface area contributed by atoms with Crippen molar-refractivity contribution in [3.05, 3.63) is 29.3 Å². The molecule has 0 aromatic heterocycles. The van der Waals surface area contributed by atoms with E-state index >= 15 is 0 Å². The maximum absolute atomic E-state index is 12.2. The average molecular weight is 264 g/mol. The molecule has 0 saturated carbocycles. The highest BCUT2D eigenvalue weighted by Gasteiger charge is 2.18. The van der Waals surface area contributed by atoms with Crippen LogP contribution in [0.15, 0.2) is 18.2 Å². The maximum Gasteiger partial charge on any atom is 0.253 e. The Morgan fingerprint density at radius 2 is 2.05 bits per heavy atom. The molecule has 1 unspecified atom stereocenters. The lowest BCUT2D eigenvalue weighted by Gasteiger charge is -2.21. The van der Waals surface area contributed by atoms with Crippen LogP contribution in [0.25, 0.3) is 0 Å². The third kappa shape index (κ3) is 3.71. The van der Waals surface area contributed by atoms with Gasteiger partial charge in [-0.1, -0.05) is 6.92 Å². The topological polar surface area (TPSA) is 69.6 Å². The van der Waals surface area contributed by atoms with Gasteiger partial charge in [0.2, 0.25) is 5.91 Å². The number of amides is 2. The highest BCUT2D eigenvalue weighted by molar-refractivity contribution is 5.94. The number of nitrogens with one attached hydrogen (secondary N) is 1. The summed E-state index contributed by atoms with van der Waals surface area (Å²) in [5.41, 5.74) is 1.15. The second kappa shape index (κ2) is 6.22. The fraction of sp³-hybridized carbons (Fsp3) is 0.429. The molecule has 0 bridgehead atoms. The molecule has 5 heteroatoms. The summed E-state index contributed by atoms with van der Waals surface area (Å²) in [5, 5.41) is 12.0. The number of carbonyl (C=O) groups is 2. The van der Waals surface area contributed by atoms with E-state index in [1.54, 1.807) is 40.1 Å². The number of hydrogen-bond donors (Lipinski definition) is 2. The van der Waals surface area contributed by atoms with Crippen LogP contribution in [0.3, 0.4) is 0 Å². The van der Waals surface area contributed by atoms with E-state index in [1.165, 1.54) is 11.0 Å². The second-order valence-corrected chi connectivity index (χ2v) is 4.70. The Morgan fingerprint density at radius 3 is 2.58 bits per heavy atom. The van der Waals surface area contributed by atoms with Crippen molar-refractivity contribution in [3.63, 3.8) is 0 Å². The summed E-state index contributed by atoms with van der Waals surface area (Å²) in [6, 6.07) is 4.71. The van der Waals surface area contributed by atoms with E-state index in [4.69, 9.17) is 0 Å². The summed E-state index contributed by atoms with van der Waals surface area (Å²) in [5.74, 6) is -0.365. The lowest BCUT2D eigenvalue weighted by atomic mass is 10.1. The number of hydrogen-bond acceptors (Lipinski definition) is 3. The Kier molecular flexibility index (Phi) is 4.92. The lowest BCUT2D eigenvalue weighted by Crippen LogP contribution is -2.37. The van der Waals surface area contributed by atoms with E-state index < -0.39 is 0 Å². The SMILES string of the molecule is CNC(=O)C(C)CN(C)C(=O)c1ccc(O)c(C)c1. The summed E-state index contributed by atoms with van der Waals surface area (Å²) >= 11 is 0. The van der Waals surface area contributed by atoms with E-state index in [2.05, 4.69) is 5.32 Å². The van der Waals surface area contributed by atoms with Crippen molar-refractivity contribution in [2.75, 3.05) is 20.6 Å². The molecule has 1 rings (SSSR count). The summed E-state index contributed by atoms with van der Waals surface area (Å²) < 4.78 is 0. The van der Waals surface area contributed by atoms with E-state index in [-0.39, 0.29) is 23.5 Å². The fourth-order valence-electron chi connectivity index (χ4n) is 1.83. The van der Waals surface area contributed by atoms with Gasteiger partial charge in [-0.15, -0.1) is 0 Å². The van der Waals surface area contributed by atoms with Crippen LogP contribution in [0, 0.1) is 12.8 Å². The van der Waals surface area contributed by atoms with Crippen LogP contribution in [0.4, 0.5) is 0 Å². The summed E-state index contributed by atoms with van der Waals surface area (Å²) in [6.07, 6.45) is 0. The molecule has 1 aromatic carbocycles. The first kappa shape index (κ1) is 15.0. The normalized spacial score (nSPS) is 11.8.